The van der Waals surface area contributed by atoms with E-state index < -0.39 is 39.1 Å². The van der Waals surface area contributed by atoms with Crippen molar-refractivity contribution >= 4 is 48.3 Å². The smallest absolute Gasteiger partial charge is 0.299 e. The Bertz CT molecular complexity index is 914. The summed E-state index contributed by atoms with van der Waals surface area (Å²) in [6.07, 6.45) is -4.68. The Hall–Kier alpha value is -1.57. The van der Waals surface area contributed by atoms with Gasteiger partial charge >= 0.3 is 6.18 Å². The van der Waals surface area contributed by atoms with E-state index in [1.165, 1.54) is 24.3 Å². The van der Waals surface area contributed by atoms with Crippen LogP contribution in [0.15, 0.2) is 33.6 Å². The molecular formula is C14H14BrF3N4O3S2. The maximum atomic E-state index is 12.6. The van der Waals surface area contributed by atoms with Crippen LogP contribution >= 0.6 is 27.3 Å². The van der Waals surface area contributed by atoms with E-state index in [1.54, 1.807) is 13.8 Å². The van der Waals surface area contributed by atoms with E-state index in [0.29, 0.717) is 4.47 Å². The number of carbonyl (C=O) groups excluding carboxylic acids is 1. The SMILES string of the molecule is CC(C)[C@H](NS(=O)(=O)c1ccc(Br)cc1)C(=O)Nc1nnc(C(F)(F)F)s1. The number of anilines is 1. The van der Waals surface area contributed by atoms with Crippen molar-refractivity contribution in [2.45, 2.75) is 31.0 Å². The normalized spacial score (nSPS) is 13.6. The van der Waals surface area contributed by atoms with Crippen LogP contribution in [0.2, 0.25) is 0 Å². The van der Waals surface area contributed by atoms with Gasteiger partial charge in [-0.25, -0.2) is 8.42 Å². The molecule has 2 aromatic rings. The van der Waals surface area contributed by atoms with E-state index in [4.69, 9.17) is 0 Å². The molecule has 1 amide bonds. The van der Waals surface area contributed by atoms with Crippen molar-refractivity contribution in [2.75, 3.05) is 5.32 Å². The standard InChI is InChI=1S/C14H14BrF3N4O3S2/c1-7(2)10(22-27(24,25)9-5-3-8(15)4-6-9)11(23)19-13-21-20-12(26-13)14(16,17)18/h3-7,10,22H,1-2H3,(H,19,21,23)/t10-/m0/s1. The van der Waals surface area contributed by atoms with Crippen LogP contribution in [0.3, 0.4) is 0 Å². The summed E-state index contributed by atoms with van der Waals surface area (Å²) < 4.78 is 65.6. The van der Waals surface area contributed by atoms with Crippen molar-refractivity contribution in [3.05, 3.63) is 33.7 Å². The minimum Gasteiger partial charge on any atom is -0.299 e. The van der Waals surface area contributed by atoms with Crippen molar-refractivity contribution in [3.63, 3.8) is 0 Å². The minimum absolute atomic E-state index is 0.0561. The molecule has 0 saturated heterocycles. The number of aromatic nitrogens is 2. The van der Waals surface area contributed by atoms with Gasteiger partial charge in [0.2, 0.25) is 26.1 Å². The summed E-state index contributed by atoms with van der Waals surface area (Å²) in [6.45, 7) is 3.19. The van der Waals surface area contributed by atoms with E-state index in [-0.39, 0.29) is 21.4 Å². The molecule has 148 valence electrons. The molecule has 0 unspecified atom stereocenters. The highest BCUT2D eigenvalue weighted by atomic mass is 79.9. The number of alkyl halides is 3. The lowest BCUT2D eigenvalue weighted by atomic mass is 10.1. The van der Waals surface area contributed by atoms with Crippen molar-refractivity contribution < 1.29 is 26.4 Å². The van der Waals surface area contributed by atoms with Gasteiger partial charge in [-0.3, -0.25) is 10.1 Å². The zero-order valence-electron chi connectivity index (χ0n) is 13.9. The zero-order chi connectivity index (χ0) is 20.4. The second-order valence-electron chi connectivity index (χ2n) is 5.70. The molecule has 27 heavy (non-hydrogen) atoms. The first kappa shape index (κ1) is 21.7. The third-order valence-corrected chi connectivity index (χ3v) is 6.12. The molecule has 0 saturated carbocycles. The second-order valence-corrected chi connectivity index (χ2v) is 9.30. The fourth-order valence-corrected chi connectivity index (χ4v) is 4.13. The predicted octanol–water partition coefficient (Wildman–Crippen LogP) is 3.26. The van der Waals surface area contributed by atoms with Crippen LogP contribution in [-0.4, -0.2) is 30.6 Å². The van der Waals surface area contributed by atoms with Gasteiger partial charge in [0, 0.05) is 4.47 Å². The number of hydrogen-bond acceptors (Lipinski definition) is 6. The van der Waals surface area contributed by atoms with Crippen LogP contribution in [-0.2, 0) is 21.0 Å². The molecule has 7 nitrogen and oxygen atoms in total. The lowest BCUT2D eigenvalue weighted by Gasteiger charge is -2.21. The van der Waals surface area contributed by atoms with Crippen LogP contribution in [0.1, 0.15) is 18.9 Å². The van der Waals surface area contributed by atoms with Crippen molar-refractivity contribution in [2.24, 2.45) is 5.92 Å². The molecule has 2 N–H and O–H groups in total. The number of nitrogens with zero attached hydrogens (tertiary/aromatic N) is 2. The number of amides is 1. The average Bonchev–Trinajstić information content (AvgIpc) is 3.01. The van der Waals surface area contributed by atoms with Crippen LogP contribution in [0.4, 0.5) is 18.3 Å². The summed E-state index contributed by atoms with van der Waals surface area (Å²) in [5.74, 6) is -1.32. The summed E-state index contributed by atoms with van der Waals surface area (Å²) >= 11 is 3.34. The predicted molar refractivity (Wildman–Crippen MR) is 96.6 cm³/mol. The molecule has 0 aliphatic rings. The van der Waals surface area contributed by atoms with Gasteiger partial charge in [0.05, 0.1) is 4.90 Å². The largest absolute Gasteiger partial charge is 0.445 e. The van der Waals surface area contributed by atoms with Gasteiger partial charge in [-0.2, -0.15) is 17.9 Å². The molecule has 0 fully saturated rings. The molecule has 13 heteroatoms. The lowest BCUT2D eigenvalue weighted by molar-refractivity contribution is -0.138. The third kappa shape index (κ3) is 5.70. The molecule has 0 aliphatic carbocycles. The Morgan fingerprint density at radius 1 is 1.19 bits per heavy atom. The van der Waals surface area contributed by atoms with Gasteiger partial charge in [0.15, 0.2) is 0 Å². The average molecular weight is 487 g/mol. The molecule has 1 aromatic heterocycles. The van der Waals surface area contributed by atoms with Crippen molar-refractivity contribution in [1.82, 2.24) is 14.9 Å². The number of rotatable bonds is 6. The summed E-state index contributed by atoms with van der Waals surface area (Å²) in [5.41, 5.74) is 0. The number of sulfonamides is 1. The third-order valence-electron chi connectivity index (χ3n) is 3.25. The van der Waals surface area contributed by atoms with Gasteiger partial charge < -0.3 is 0 Å². The first-order chi connectivity index (χ1) is 12.4. The van der Waals surface area contributed by atoms with Crippen LogP contribution in [0.5, 0.6) is 0 Å². The van der Waals surface area contributed by atoms with Crippen molar-refractivity contribution in [1.29, 1.82) is 0 Å². The molecule has 2 rings (SSSR count). The Morgan fingerprint density at radius 3 is 2.26 bits per heavy atom. The molecule has 0 aliphatic heterocycles. The highest BCUT2D eigenvalue weighted by Crippen LogP contribution is 2.33. The van der Waals surface area contributed by atoms with Gasteiger partial charge in [0.1, 0.15) is 6.04 Å². The molecule has 0 radical (unpaired) electrons. The molecular weight excluding hydrogens is 473 g/mol. The fourth-order valence-electron chi connectivity index (χ4n) is 1.91. The molecule has 0 spiro atoms. The summed E-state index contributed by atoms with van der Waals surface area (Å²) in [7, 11) is -4.02. The van der Waals surface area contributed by atoms with Crippen LogP contribution < -0.4 is 10.0 Å². The number of benzene rings is 1. The Labute approximate surface area is 165 Å². The van der Waals surface area contributed by atoms with Gasteiger partial charge in [-0.05, 0) is 30.2 Å². The molecule has 1 heterocycles. The van der Waals surface area contributed by atoms with Gasteiger partial charge in [-0.15, -0.1) is 10.2 Å². The van der Waals surface area contributed by atoms with Gasteiger partial charge in [0.25, 0.3) is 0 Å². The van der Waals surface area contributed by atoms with E-state index >= 15 is 0 Å². The maximum Gasteiger partial charge on any atom is 0.445 e. The highest BCUT2D eigenvalue weighted by molar-refractivity contribution is 9.10. The minimum atomic E-state index is -4.68. The number of halogens is 4. The topological polar surface area (TPSA) is 101 Å². The monoisotopic (exact) mass is 486 g/mol. The number of nitrogens with one attached hydrogen (secondary N) is 2. The van der Waals surface area contributed by atoms with Crippen LogP contribution in [0, 0.1) is 5.92 Å². The van der Waals surface area contributed by atoms with E-state index in [2.05, 4.69) is 36.2 Å². The molecule has 1 aromatic carbocycles. The molecule has 0 bridgehead atoms. The Morgan fingerprint density at radius 2 is 1.78 bits per heavy atom. The maximum absolute atomic E-state index is 12.6. The van der Waals surface area contributed by atoms with Crippen LogP contribution in [0.25, 0.3) is 0 Å². The summed E-state index contributed by atoms with van der Waals surface area (Å²) in [4.78, 5) is 12.3. The Kier molecular flexibility index (Phi) is 6.60. The second kappa shape index (κ2) is 8.20. The van der Waals surface area contributed by atoms with Gasteiger partial charge in [-0.1, -0.05) is 41.1 Å². The first-order valence-corrected chi connectivity index (χ1v) is 10.5. The van der Waals surface area contributed by atoms with E-state index in [9.17, 15) is 26.4 Å². The van der Waals surface area contributed by atoms with E-state index in [1.807, 2.05) is 0 Å². The number of carbonyl (C=O) groups is 1. The van der Waals surface area contributed by atoms with E-state index in [0.717, 1.165) is 0 Å². The summed E-state index contributed by atoms with van der Waals surface area (Å²) in [6, 6.07) is 4.53. The van der Waals surface area contributed by atoms with Crippen molar-refractivity contribution in [3.8, 4) is 0 Å². The number of hydrogen-bond donors (Lipinski definition) is 2. The lowest BCUT2D eigenvalue weighted by Crippen LogP contribution is -2.47. The Balaban J connectivity index is 2.17. The first-order valence-electron chi connectivity index (χ1n) is 7.39. The zero-order valence-corrected chi connectivity index (χ0v) is 17.1. The summed E-state index contributed by atoms with van der Waals surface area (Å²) in [5, 5.41) is 6.81. The molecule has 1 atom stereocenters. The highest BCUT2D eigenvalue weighted by Gasteiger charge is 2.36. The quantitative estimate of drug-likeness (QED) is 0.652. The fraction of sp³-hybridized carbons (Fsp3) is 0.357.